The van der Waals surface area contributed by atoms with Crippen LogP contribution in [0, 0.1) is 0 Å². The molecular weight excluding hydrogens is 342 g/mol. The molecule has 0 aliphatic heterocycles. The fourth-order valence-electron chi connectivity index (χ4n) is 2.74. The summed E-state index contributed by atoms with van der Waals surface area (Å²) >= 11 is 0. The first-order chi connectivity index (χ1) is 11.9. The van der Waals surface area contributed by atoms with Crippen LogP contribution in [0.2, 0.25) is 0 Å². The molecule has 0 bridgehead atoms. The van der Waals surface area contributed by atoms with Crippen LogP contribution < -0.4 is 10.3 Å². The second kappa shape index (κ2) is 7.88. The number of benzene rings is 1. The van der Waals surface area contributed by atoms with Crippen LogP contribution in [-0.4, -0.2) is 42.7 Å². The maximum absolute atomic E-state index is 12.8. The van der Waals surface area contributed by atoms with Gasteiger partial charge in [0.05, 0.1) is 12.0 Å². The average molecular weight is 367 g/mol. The Balaban J connectivity index is 2.61. The van der Waals surface area contributed by atoms with Gasteiger partial charge in [0.2, 0.25) is 10.0 Å². The van der Waals surface area contributed by atoms with E-state index in [4.69, 9.17) is 4.74 Å². The summed E-state index contributed by atoms with van der Waals surface area (Å²) in [4.78, 5) is 12.4. The van der Waals surface area contributed by atoms with Gasteiger partial charge in [-0.05, 0) is 24.6 Å². The molecule has 0 aliphatic rings. The van der Waals surface area contributed by atoms with Crippen LogP contribution in [0.4, 0.5) is 0 Å². The fourth-order valence-corrected chi connectivity index (χ4v) is 4.22. The highest BCUT2D eigenvalue weighted by atomic mass is 32.2. The van der Waals surface area contributed by atoms with Gasteiger partial charge in [0.15, 0.2) is 0 Å². The number of aromatic amines is 1. The smallest absolute Gasteiger partial charge is 0.271 e. The first kappa shape index (κ1) is 19.3. The number of aromatic nitrogens is 2. The SMILES string of the molecule is CCCc1cc(=O)n(-c2cc(S(=O)(=O)N(CC)CC)ccc2OC)[nH]1. The molecule has 2 rings (SSSR count). The van der Waals surface area contributed by atoms with Crippen LogP contribution in [0.1, 0.15) is 32.9 Å². The van der Waals surface area contributed by atoms with E-state index < -0.39 is 10.0 Å². The van der Waals surface area contributed by atoms with Gasteiger partial charge in [-0.2, -0.15) is 4.31 Å². The van der Waals surface area contributed by atoms with E-state index in [9.17, 15) is 13.2 Å². The molecule has 1 aromatic carbocycles. The van der Waals surface area contributed by atoms with Crippen molar-refractivity contribution in [2.45, 2.75) is 38.5 Å². The third kappa shape index (κ3) is 3.80. The third-order valence-corrected chi connectivity index (χ3v) is 6.07. The summed E-state index contributed by atoms with van der Waals surface area (Å²) in [5.41, 5.74) is 0.925. The standard InChI is InChI=1S/C17H25N3O4S/c1-5-8-13-11-17(21)20(18-13)15-12-14(9-10-16(15)24-4)25(22,23)19(6-2)7-3/h9-12,18H,5-8H2,1-4H3. The molecule has 0 atom stereocenters. The van der Waals surface area contributed by atoms with Crippen LogP contribution in [0.3, 0.4) is 0 Å². The van der Waals surface area contributed by atoms with Crippen molar-refractivity contribution < 1.29 is 13.2 Å². The van der Waals surface area contributed by atoms with E-state index in [1.165, 1.54) is 34.3 Å². The Morgan fingerprint density at radius 3 is 2.40 bits per heavy atom. The molecule has 2 aromatic rings. The molecule has 7 nitrogen and oxygen atoms in total. The van der Waals surface area contributed by atoms with Gasteiger partial charge in [0, 0.05) is 24.8 Å². The van der Waals surface area contributed by atoms with Gasteiger partial charge in [-0.1, -0.05) is 27.2 Å². The van der Waals surface area contributed by atoms with Crippen molar-refractivity contribution in [3.05, 3.63) is 40.3 Å². The molecule has 0 radical (unpaired) electrons. The minimum absolute atomic E-state index is 0.130. The van der Waals surface area contributed by atoms with Crippen molar-refractivity contribution in [3.8, 4) is 11.4 Å². The maximum Gasteiger partial charge on any atom is 0.271 e. The molecule has 8 heteroatoms. The van der Waals surface area contributed by atoms with Gasteiger partial charge in [-0.25, -0.2) is 13.1 Å². The largest absolute Gasteiger partial charge is 0.494 e. The van der Waals surface area contributed by atoms with Crippen LogP contribution >= 0.6 is 0 Å². The van der Waals surface area contributed by atoms with Crippen LogP contribution in [0.25, 0.3) is 5.69 Å². The molecule has 1 aromatic heterocycles. The fraction of sp³-hybridized carbons (Fsp3) is 0.471. The number of H-pyrrole nitrogens is 1. The van der Waals surface area contributed by atoms with Crippen molar-refractivity contribution in [1.29, 1.82) is 0 Å². The molecule has 0 aliphatic carbocycles. The molecule has 0 fully saturated rings. The van der Waals surface area contributed by atoms with Gasteiger partial charge >= 0.3 is 0 Å². The minimum Gasteiger partial charge on any atom is -0.494 e. The van der Waals surface area contributed by atoms with E-state index in [2.05, 4.69) is 5.10 Å². The Hall–Kier alpha value is -2.06. The summed E-state index contributed by atoms with van der Waals surface area (Å²) in [7, 11) is -2.14. The molecule has 0 saturated carbocycles. The molecule has 138 valence electrons. The maximum atomic E-state index is 12.8. The average Bonchev–Trinajstić information content (AvgIpc) is 2.95. The number of sulfonamides is 1. The number of ether oxygens (including phenoxy) is 1. The Morgan fingerprint density at radius 1 is 1.16 bits per heavy atom. The number of aryl methyl sites for hydroxylation is 1. The summed E-state index contributed by atoms with van der Waals surface area (Å²) in [5.74, 6) is 0.422. The van der Waals surface area contributed by atoms with Crippen LogP contribution in [0.15, 0.2) is 34.0 Å². The molecule has 1 N–H and O–H groups in total. The Kier molecular flexibility index (Phi) is 6.07. The van der Waals surface area contributed by atoms with Crippen molar-refractivity contribution in [2.24, 2.45) is 0 Å². The lowest BCUT2D eigenvalue weighted by atomic mass is 10.3. The van der Waals surface area contributed by atoms with E-state index in [0.29, 0.717) is 24.5 Å². The normalized spacial score (nSPS) is 11.9. The summed E-state index contributed by atoms with van der Waals surface area (Å²) in [6.45, 7) is 6.36. The summed E-state index contributed by atoms with van der Waals surface area (Å²) < 4.78 is 33.5. The Morgan fingerprint density at radius 2 is 1.84 bits per heavy atom. The highest BCUT2D eigenvalue weighted by Crippen LogP contribution is 2.26. The minimum atomic E-state index is -3.62. The van der Waals surface area contributed by atoms with E-state index >= 15 is 0 Å². The number of nitrogens with zero attached hydrogens (tertiary/aromatic N) is 2. The topological polar surface area (TPSA) is 84.4 Å². The predicted molar refractivity (Wildman–Crippen MR) is 97.0 cm³/mol. The van der Waals surface area contributed by atoms with Gasteiger partial charge in [0.25, 0.3) is 5.56 Å². The van der Waals surface area contributed by atoms with Crippen molar-refractivity contribution in [2.75, 3.05) is 20.2 Å². The number of methoxy groups -OCH3 is 1. The quantitative estimate of drug-likeness (QED) is 0.775. The van der Waals surface area contributed by atoms with Crippen LogP contribution in [0.5, 0.6) is 5.75 Å². The van der Waals surface area contributed by atoms with E-state index in [1.807, 2.05) is 6.92 Å². The van der Waals surface area contributed by atoms with Crippen molar-refractivity contribution >= 4 is 10.0 Å². The number of hydrogen-bond acceptors (Lipinski definition) is 4. The highest BCUT2D eigenvalue weighted by Gasteiger charge is 2.23. The first-order valence-electron chi connectivity index (χ1n) is 8.38. The van der Waals surface area contributed by atoms with Crippen molar-refractivity contribution in [3.63, 3.8) is 0 Å². The predicted octanol–water partition coefficient (Wildman–Crippen LogP) is 2.16. The summed E-state index contributed by atoms with van der Waals surface area (Å²) in [6.07, 6.45) is 1.63. The van der Waals surface area contributed by atoms with Crippen molar-refractivity contribution in [1.82, 2.24) is 14.1 Å². The molecule has 1 heterocycles. The second-order valence-corrected chi connectivity index (χ2v) is 7.57. The molecule has 0 saturated heterocycles. The highest BCUT2D eigenvalue weighted by molar-refractivity contribution is 7.89. The molecular formula is C17H25N3O4S. The van der Waals surface area contributed by atoms with Gasteiger partial charge in [-0.3, -0.25) is 9.89 Å². The first-order valence-corrected chi connectivity index (χ1v) is 9.82. The number of rotatable bonds is 8. The summed E-state index contributed by atoms with van der Waals surface area (Å²) in [6, 6.07) is 6.06. The van der Waals surface area contributed by atoms with Gasteiger partial charge in [0.1, 0.15) is 11.4 Å². The zero-order chi connectivity index (χ0) is 18.6. The van der Waals surface area contributed by atoms with Gasteiger partial charge in [-0.15, -0.1) is 0 Å². The molecule has 0 amide bonds. The number of hydrogen-bond donors (Lipinski definition) is 1. The third-order valence-electron chi connectivity index (χ3n) is 4.03. The second-order valence-electron chi connectivity index (χ2n) is 5.63. The van der Waals surface area contributed by atoms with E-state index in [-0.39, 0.29) is 10.5 Å². The van der Waals surface area contributed by atoms with Crippen LogP contribution in [-0.2, 0) is 16.4 Å². The van der Waals surface area contributed by atoms with E-state index in [1.54, 1.807) is 19.9 Å². The molecule has 0 unspecified atom stereocenters. The summed E-state index contributed by atoms with van der Waals surface area (Å²) in [5, 5.41) is 3.02. The number of nitrogens with one attached hydrogen (secondary N) is 1. The zero-order valence-electron chi connectivity index (χ0n) is 15.1. The Bertz CT molecular complexity index is 880. The lowest BCUT2D eigenvalue weighted by Crippen LogP contribution is -2.30. The zero-order valence-corrected chi connectivity index (χ0v) is 15.9. The lowest BCUT2D eigenvalue weighted by molar-refractivity contribution is 0.410. The monoisotopic (exact) mass is 367 g/mol. The lowest BCUT2D eigenvalue weighted by Gasteiger charge is -2.19. The molecule has 25 heavy (non-hydrogen) atoms. The van der Waals surface area contributed by atoms with E-state index in [0.717, 1.165) is 18.5 Å². The Labute approximate surface area is 148 Å². The molecule has 0 spiro atoms. The van der Waals surface area contributed by atoms with Gasteiger partial charge < -0.3 is 4.74 Å².